The fourth-order valence-electron chi connectivity index (χ4n) is 2.75. The molecule has 4 N–H and O–H groups in total. The minimum atomic E-state index is -0.701. The van der Waals surface area contributed by atoms with Gasteiger partial charge in [-0.3, -0.25) is 23.9 Å². The zero-order valence-electron chi connectivity index (χ0n) is 16.0. The van der Waals surface area contributed by atoms with E-state index in [1.165, 1.54) is 20.8 Å². The van der Waals surface area contributed by atoms with E-state index in [-0.39, 0.29) is 42.8 Å². The minimum absolute atomic E-state index is 0.00206. The topological polar surface area (TPSA) is 130 Å². The first-order chi connectivity index (χ1) is 13.4. The largest absolute Gasteiger partial charge is 0.383 e. The number of nitrogens with two attached hydrogens (primary N) is 1. The van der Waals surface area contributed by atoms with Crippen molar-refractivity contribution in [2.45, 2.75) is 39.7 Å². The lowest BCUT2D eigenvalue weighted by Crippen LogP contribution is -2.42. The van der Waals surface area contributed by atoms with Crippen LogP contribution in [0.4, 0.5) is 11.5 Å². The molecule has 0 aromatic carbocycles. The van der Waals surface area contributed by atoms with Gasteiger partial charge in [0.1, 0.15) is 5.82 Å². The number of rotatable bonds is 9. The monoisotopic (exact) mass is 407 g/mol. The summed E-state index contributed by atoms with van der Waals surface area (Å²) < 4.78 is 1.27. The average molecular weight is 407 g/mol. The van der Waals surface area contributed by atoms with E-state index in [2.05, 4.69) is 10.3 Å². The molecule has 0 aliphatic heterocycles. The summed E-state index contributed by atoms with van der Waals surface area (Å²) in [5, 5.41) is 4.47. The van der Waals surface area contributed by atoms with Crippen molar-refractivity contribution >= 4 is 34.7 Å². The van der Waals surface area contributed by atoms with Crippen LogP contribution in [0.15, 0.2) is 27.1 Å². The lowest BCUT2D eigenvalue weighted by atomic mass is 10.3. The number of thiophene rings is 1. The molecule has 0 atom stereocenters. The quantitative estimate of drug-likeness (QED) is 0.574. The predicted molar refractivity (Wildman–Crippen MR) is 110 cm³/mol. The second kappa shape index (κ2) is 9.88. The predicted octanol–water partition coefficient (Wildman–Crippen LogP) is 1.15. The lowest BCUT2D eigenvalue weighted by Gasteiger charge is -2.23. The zero-order valence-corrected chi connectivity index (χ0v) is 16.8. The molecule has 0 fully saturated rings. The van der Waals surface area contributed by atoms with E-state index in [4.69, 9.17) is 5.73 Å². The molecule has 2 aromatic heterocycles. The number of unbranched alkanes of at least 4 members (excludes halogenated alkanes) is 1. The summed E-state index contributed by atoms with van der Waals surface area (Å²) in [6, 6.07) is 3.46. The van der Waals surface area contributed by atoms with Crippen molar-refractivity contribution in [3.8, 4) is 0 Å². The van der Waals surface area contributed by atoms with Crippen LogP contribution in [-0.4, -0.2) is 34.5 Å². The number of hydrogen-bond donors (Lipinski definition) is 3. The van der Waals surface area contributed by atoms with Gasteiger partial charge in [0.25, 0.3) is 11.5 Å². The fourth-order valence-corrected chi connectivity index (χ4v) is 3.39. The Kier molecular flexibility index (Phi) is 7.56. The van der Waals surface area contributed by atoms with Gasteiger partial charge in [-0.15, -0.1) is 11.3 Å². The fraction of sp³-hybridized carbons (Fsp3) is 0.444. The Hall–Kier alpha value is -2.88. The molecule has 0 bridgehead atoms. The zero-order chi connectivity index (χ0) is 20.7. The van der Waals surface area contributed by atoms with Crippen LogP contribution in [0, 0.1) is 0 Å². The number of aromatic amines is 1. The highest BCUT2D eigenvalue weighted by Gasteiger charge is 2.22. The maximum Gasteiger partial charge on any atom is 0.330 e. The van der Waals surface area contributed by atoms with Gasteiger partial charge in [0.05, 0.1) is 4.88 Å². The third kappa shape index (κ3) is 4.89. The van der Waals surface area contributed by atoms with Crippen molar-refractivity contribution in [1.82, 2.24) is 14.9 Å². The van der Waals surface area contributed by atoms with Gasteiger partial charge >= 0.3 is 5.69 Å². The molecule has 2 amide bonds. The van der Waals surface area contributed by atoms with Gasteiger partial charge in [0, 0.05) is 26.1 Å². The van der Waals surface area contributed by atoms with Crippen LogP contribution in [-0.2, 0) is 11.3 Å². The first kappa shape index (κ1) is 21.4. The molecule has 2 rings (SSSR count). The van der Waals surface area contributed by atoms with Gasteiger partial charge in [-0.25, -0.2) is 4.79 Å². The maximum absolute atomic E-state index is 12.6. The standard InChI is InChI=1S/C18H25N5O4S/c1-3-5-10-23-15(19)14(17(26)21-18(23)27)22(4-2)13(24)8-9-20-16(25)12-7-6-11-28-12/h6-7,11H,3-5,8-10,19H2,1-2H3,(H,20,25)(H,21,26,27). The van der Waals surface area contributed by atoms with Crippen LogP contribution < -0.4 is 27.2 Å². The number of nitrogens with one attached hydrogen (secondary N) is 2. The molecule has 0 saturated heterocycles. The SMILES string of the molecule is CCCCn1c(N)c(N(CC)C(=O)CCNC(=O)c2cccs2)c(=O)[nH]c1=O. The summed E-state index contributed by atoms with van der Waals surface area (Å²) in [6.07, 6.45) is 1.56. The Morgan fingerprint density at radius 1 is 1.32 bits per heavy atom. The summed E-state index contributed by atoms with van der Waals surface area (Å²) in [7, 11) is 0. The molecule has 0 spiro atoms. The number of carbonyl (C=O) groups is 2. The molecule has 152 valence electrons. The molecular formula is C18H25N5O4S. The van der Waals surface area contributed by atoms with E-state index in [1.54, 1.807) is 24.4 Å². The highest BCUT2D eigenvalue weighted by atomic mass is 32.1. The second-order valence-electron chi connectivity index (χ2n) is 6.12. The molecule has 0 aliphatic rings. The molecule has 28 heavy (non-hydrogen) atoms. The Balaban J connectivity index is 2.15. The molecule has 9 nitrogen and oxygen atoms in total. The molecule has 0 aliphatic carbocycles. The van der Waals surface area contributed by atoms with Crippen molar-refractivity contribution in [2.24, 2.45) is 0 Å². The number of carbonyl (C=O) groups excluding carboxylic acids is 2. The van der Waals surface area contributed by atoms with E-state index >= 15 is 0 Å². The molecule has 2 aromatic rings. The normalized spacial score (nSPS) is 10.6. The first-order valence-electron chi connectivity index (χ1n) is 9.15. The number of nitrogens with zero attached hydrogens (tertiary/aromatic N) is 2. The number of nitrogen functional groups attached to an aromatic ring is 1. The summed E-state index contributed by atoms with van der Waals surface area (Å²) in [5.74, 6) is -0.650. The third-order valence-electron chi connectivity index (χ3n) is 4.21. The summed E-state index contributed by atoms with van der Waals surface area (Å²) in [5.41, 5.74) is 4.74. The first-order valence-corrected chi connectivity index (χ1v) is 10.0. The molecular weight excluding hydrogens is 382 g/mol. The van der Waals surface area contributed by atoms with Crippen LogP contribution in [0.5, 0.6) is 0 Å². The van der Waals surface area contributed by atoms with E-state index in [0.717, 1.165) is 6.42 Å². The number of anilines is 2. The van der Waals surface area contributed by atoms with E-state index in [0.29, 0.717) is 17.8 Å². The second-order valence-corrected chi connectivity index (χ2v) is 7.07. The van der Waals surface area contributed by atoms with E-state index in [1.807, 2.05) is 6.92 Å². The van der Waals surface area contributed by atoms with Crippen molar-refractivity contribution in [1.29, 1.82) is 0 Å². The van der Waals surface area contributed by atoms with Crippen molar-refractivity contribution in [3.63, 3.8) is 0 Å². The summed E-state index contributed by atoms with van der Waals surface area (Å²) in [4.78, 5) is 53.0. The minimum Gasteiger partial charge on any atom is -0.383 e. The van der Waals surface area contributed by atoms with E-state index in [9.17, 15) is 19.2 Å². The number of hydrogen-bond acceptors (Lipinski definition) is 6. The van der Waals surface area contributed by atoms with Crippen molar-refractivity contribution in [2.75, 3.05) is 23.7 Å². The van der Waals surface area contributed by atoms with Crippen LogP contribution in [0.3, 0.4) is 0 Å². The van der Waals surface area contributed by atoms with E-state index < -0.39 is 11.2 Å². The Bertz CT molecular complexity index is 932. The lowest BCUT2D eigenvalue weighted by molar-refractivity contribution is -0.118. The smallest absolute Gasteiger partial charge is 0.330 e. The van der Waals surface area contributed by atoms with Crippen LogP contribution in [0.2, 0.25) is 0 Å². The number of amides is 2. The van der Waals surface area contributed by atoms with Gasteiger partial charge in [0.15, 0.2) is 5.69 Å². The summed E-state index contributed by atoms with van der Waals surface area (Å²) in [6.45, 7) is 4.37. The van der Waals surface area contributed by atoms with Crippen LogP contribution >= 0.6 is 11.3 Å². The van der Waals surface area contributed by atoms with Crippen LogP contribution in [0.1, 0.15) is 42.8 Å². The van der Waals surface area contributed by atoms with Crippen LogP contribution in [0.25, 0.3) is 0 Å². The Morgan fingerprint density at radius 2 is 2.07 bits per heavy atom. The third-order valence-corrected chi connectivity index (χ3v) is 5.07. The highest BCUT2D eigenvalue weighted by molar-refractivity contribution is 7.12. The van der Waals surface area contributed by atoms with Gasteiger partial charge < -0.3 is 16.0 Å². The van der Waals surface area contributed by atoms with Gasteiger partial charge in [0.2, 0.25) is 5.91 Å². The molecule has 10 heteroatoms. The van der Waals surface area contributed by atoms with Gasteiger partial charge in [-0.1, -0.05) is 19.4 Å². The number of aromatic nitrogens is 2. The Labute approximate surface area is 166 Å². The van der Waals surface area contributed by atoms with Crippen molar-refractivity contribution in [3.05, 3.63) is 43.2 Å². The summed E-state index contributed by atoms with van der Waals surface area (Å²) >= 11 is 1.31. The highest BCUT2D eigenvalue weighted by Crippen LogP contribution is 2.18. The molecule has 0 saturated carbocycles. The maximum atomic E-state index is 12.6. The average Bonchev–Trinajstić information content (AvgIpc) is 3.19. The molecule has 0 unspecified atom stereocenters. The van der Waals surface area contributed by atoms with Crippen molar-refractivity contribution < 1.29 is 9.59 Å². The molecule has 0 radical (unpaired) electrons. The molecule has 2 heterocycles. The van der Waals surface area contributed by atoms with Gasteiger partial charge in [-0.2, -0.15) is 0 Å². The van der Waals surface area contributed by atoms with Gasteiger partial charge in [-0.05, 0) is 24.8 Å². The Morgan fingerprint density at radius 3 is 2.68 bits per heavy atom. The number of H-pyrrole nitrogens is 1.